The highest BCUT2D eigenvalue weighted by atomic mass is 79.9. The second kappa shape index (κ2) is 10.6. The molecule has 0 heterocycles. The summed E-state index contributed by atoms with van der Waals surface area (Å²) < 4.78 is 0.869. The van der Waals surface area contributed by atoms with Crippen molar-refractivity contribution in [2.45, 2.75) is 32.4 Å². The lowest BCUT2D eigenvalue weighted by Crippen LogP contribution is -2.46. The van der Waals surface area contributed by atoms with E-state index in [1.54, 1.807) is 18.2 Å². The van der Waals surface area contributed by atoms with E-state index < -0.39 is 12.0 Å². The molecule has 0 aliphatic carbocycles. The summed E-state index contributed by atoms with van der Waals surface area (Å²) in [5.74, 6) is -1.36. The van der Waals surface area contributed by atoms with E-state index in [1.165, 1.54) is 4.90 Å². The Kier molecular flexibility index (Phi) is 7.88. The van der Waals surface area contributed by atoms with Crippen molar-refractivity contribution in [3.8, 4) is 0 Å². The highest BCUT2D eigenvalue weighted by Crippen LogP contribution is 2.23. The SMILES string of the molecule is CCc1cc(Cl)ccc1C(=O)N(Cc1cccc(Br)c1)[C@@H](Cc1ccccc1)C(=O)O. The fraction of sp³-hybridized carbons (Fsp3) is 0.200. The van der Waals surface area contributed by atoms with Crippen LogP contribution in [0, 0.1) is 0 Å². The monoisotopic (exact) mass is 499 g/mol. The molecule has 1 N–H and O–H groups in total. The van der Waals surface area contributed by atoms with Gasteiger partial charge in [0, 0.05) is 28.0 Å². The summed E-state index contributed by atoms with van der Waals surface area (Å²) in [5.41, 5.74) is 2.96. The Bertz CT molecular complexity index is 1070. The van der Waals surface area contributed by atoms with Crippen LogP contribution in [0.15, 0.2) is 77.3 Å². The van der Waals surface area contributed by atoms with E-state index in [1.807, 2.05) is 61.5 Å². The Hall–Kier alpha value is -2.63. The Balaban J connectivity index is 2.04. The molecule has 1 atom stereocenters. The molecule has 0 aromatic heterocycles. The molecule has 0 radical (unpaired) electrons. The number of carbonyl (C=O) groups excluding carboxylic acids is 1. The highest BCUT2D eigenvalue weighted by molar-refractivity contribution is 9.10. The van der Waals surface area contributed by atoms with E-state index in [-0.39, 0.29) is 18.9 Å². The second-order valence-corrected chi connectivity index (χ2v) is 8.61. The molecule has 0 bridgehead atoms. The molecule has 1 amide bonds. The van der Waals surface area contributed by atoms with Gasteiger partial charge in [0.25, 0.3) is 5.91 Å². The van der Waals surface area contributed by atoms with E-state index in [4.69, 9.17) is 11.6 Å². The van der Waals surface area contributed by atoms with E-state index in [9.17, 15) is 14.7 Å². The Morgan fingerprint density at radius 2 is 1.71 bits per heavy atom. The number of carboxylic acids is 1. The van der Waals surface area contributed by atoms with Crippen LogP contribution in [-0.4, -0.2) is 27.9 Å². The minimum atomic E-state index is -1.04. The first-order valence-corrected chi connectivity index (χ1v) is 11.2. The molecule has 4 nitrogen and oxygen atoms in total. The predicted molar refractivity (Wildman–Crippen MR) is 126 cm³/mol. The molecule has 0 fully saturated rings. The first kappa shape index (κ1) is 23.0. The molecule has 31 heavy (non-hydrogen) atoms. The molecule has 0 saturated heterocycles. The first-order chi connectivity index (χ1) is 14.9. The third kappa shape index (κ3) is 5.96. The Labute approximate surface area is 195 Å². The molecule has 0 aliphatic heterocycles. The molecule has 3 aromatic carbocycles. The minimum absolute atomic E-state index is 0.174. The van der Waals surface area contributed by atoms with E-state index >= 15 is 0 Å². The van der Waals surface area contributed by atoms with Crippen LogP contribution in [0.4, 0.5) is 0 Å². The number of rotatable bonds is 8. The number of benzene rings is 3. The molecule has 0 saturated carbocycles. The summed E-state index contributed by atoms with van der Waals surface area (Å²) in [6.45, 7) is 2.12. The van der Waals surface area contributed by atoms with Crippen molar-refractivity contribution in [2.24, 2.45) is 0 Å². The van der Waals surface area contributed by atoms with Crippen LogP contribution >= 0.6 is 27.5 Å². The van der Waals surface area contributed by atoms with Gasteiger partial charge in [-0.3, -0.25) is 4.79 Å². The number of hydrogen-bond donors (Lipinski definition) is 1. The smallest absolute Gasteiger partial charge is 0.326 e. The Morgan fingerprint density at radius 3 is 2.35 bits per heavy atom. The van der Waals surface area contributed by atoms with Crippen molar-refractivity contribution in [3.05, 3.63) is 105 Å². The van der Waals surface area contributed by atoms with Crippen LogP contribution in [0.1, 0.15) is 34.0 Å². The van der Waals surface area contributed by atoms with Gasteiger partial charge < -0.3 is 10.0 Å². The number of carboxylic acid groups (broad SMARTS) is 1. The van der Waals surface area contributed by atoms with Gasteiger partial charge in [-0.25, -0.2) is 4.79 Å². The van der Waals surface area contributed by atoms with Crippen molar-refractivity contribution >= 4 is 39.4 Å². The number of aliphatic carboxylic acids is 1. The molecule has 160 valence electrons. The number of nitrogens with zero attached hydrogens (tertiary/aromatic N) is 1. The fourth-order valence-electron chi connectivity index (χ4n) is 3.54. The molecule has 3 aromatic rings. The van der Waals surface area contributed by atoms with E-state index in [0.29, 0.717) is 17.0 Å². The molecule has 3 rings (SSSR count). The summed E-state index contributed by atoms with van der Waals surface area (Å²) in [4.78, 5) is 27.4. The maximum absolute atomic E-state index is 13.7. The summed E-state index contributed by atoms with van der Waals surface area (Å²) in [6.07, 6.45) is 0.827. The van der Waals surface area contributed by atoms with Crippen LogP contribution < -0.4 is 0 Å². The number of halogens is 2. The number of hydrogen-bond acceptors (Lipinski definition) is 2. The molecule has 0 unspecified atom stereocenters. The minimum Gasteiger partial charge on any atom is -0.480 e. The maximum Gasteiger partial charge on any atom is 0.326 e. The summed E-state index contributed by atoms with van der Waals surface area (Å²) in [6, 6.07) is 21.0. The van der Waals surface area contributed by atoms with Gasteiger partial charge in [0.1, 0.15) is 6.04 Å². The van der Waals surface area contributed by atoms with Crippen molar-refractivity contribution in [3.63, 3.8) is 0 Å². The van der Waals surface area contributed by atoms with Gasteiger partial charge in [-0.1, -0.05) is 76.9 Å². The molecule has 0 aliphatic rings. The molecule has 6 heteroatoms. The summed E-state index contributed by atoms with van der Waals surface area (Å²) >= 11 is 9.57. The zero-order valence-corrected chi connectivity index (χ0v) is 19.4. The average Bonchev–Trinajstić information content (AvgIpc) is 2.76. The lowest BCUT2D eigenvalue weighted by atomic mass is 10.00. The third-order valence-electron chi connectivity index (χ3n) is 5.11. The number of aryl methyl sites for hydroxylation is 1. The van der Waals surface area contributed by atoms with Crippen LogP contribution in [0.5, 0.6) is 0 Å². The largest absolute Gasteiger partial charge is 0.480 e. The van der Waals surface area contributed by atoms with Crippen LogP contribution in [0.25, 0.3) is 0 Å². The quantitative estimate of drug-likeness (QED) is 0.412. The lowest BCUT2D eigenvalue weighted by molar-refractivity contribution is -0.142. The van der Waals surface area contributed by atoms with Gasteiger partial charge >= 0.3 is 5.97 Å². The van der Waals surface area contributed by atoms with Gasteiger partial charge in [0.15, 0.2) is 0 Å². The first-order valence-electron chi connectivity index (χ1n) is 9.99. The molecular formula is C25H23BrClNO3. The summed E-state index contributed by atoms with van der Waals surface area (Å²) in [5, 5.41) is 10.6. The molecule has 0 spiro atoms. The van der Waals surface area contributed by atoms with Crippen LogP contribution in [0.2, 0.25) is 5.02 Å². The van der Waals surface area contributed by atoms with Gasteiger partial charge in [-0.05, 0) is 53.4 Å². The van der Waals surface area contributed by atoms with Gasteiger partial charge in [0.2, 0.25) is 0 Å². The summed E-state index contributed by atoms with van der Waals surface area (Å²) in [7, 11) is 0. The van der Waals surface area contributed by atoms with Gasteiger partial charge in [-0.15, -0.1) is 0 Å². The molecular weight excluding hydrogens is 478 g/mol. The van der Waals surface area contributed by atoms with Crippen molar-refractivity contribution in [2.75, 3.05) is 0 Å². The standard InChI is InChI=1S/C25H23BrClNO3/c1-2-19-15-21(27)11-12-22(19)24(29)28(16-18-9-6-10-20(26)13-18)23(25(30)31)14-17-7-4-3-5-8-17/h3-13,15,23H,2,14,16H2,1H3,(H,30,31)/t23-/m0/s1. The van der Waals surface area contributed by atoms with E-state index in [2.05, 4.69) is 15.9 Å². The van der Waals surface area contributed by atoms with Crippen LogP contribution in [-0.2, 0) is 24.2 Å². The van der Waals surface area contributed by atoms with Crippen molar-refractivity contribution in [1.29, 1.82) is 0 Å². The van der Waals surface area contributed by atoms with Gasteiger partial charge in [-0.2, -0.15) is 0 Å². The van der Waals surface area contributed by atoms with Crippen LogP contribution in [0.3, 0.4) is 0 Å². The fourth-order valence-corrected chi connectivity index (χ4v) is 4.18. The maximum atomic E-state index is 13.7. The number of carbonyl (C=O) groups is 2. The zero-order chi connectivity index (χ0) is 22.4. The normalized spacial score (nSPS) is 11.7. The highest BCUT2D eigenvalue weighted by Gasteiger charge is 2.31. The van der Waals surface area contributed by atoms with E-state index in [0.717, 1.165) is 21.2 Å². The van der Waals surface area contributed by atoms with Crippen molar-refractivity contribution < 1.29 is 14.7 Å². The third-order valence-corrected chi connectivity index (χ3v) is 5.84. The zero-order valence-electron chi connectivity index (χ0n) is 17.1. The second-order valence-electron chi connectivity index (χ2n) is 7.26. The topological polar surface area (TPSA) is 57.6 Å². The van der Waals surface area contributed by atoms with Crippen molar-refractivity contribution in [1.82, 2.24) is 4.90 Å². The lowest BCUT2D eigenvalue weighted by Gasteiger charge is -2.30. The predicted octanol–water partition coefficient (Wildman–Crippen LogP) is 6.00. The average molecular weight is 501 g/mol. The Morgan fingerprint density at radius 1 is 1.00 bits per heavy atom. The number of amides is 1. The van der Waals surface area contributed by atoms with Gasteiger partial charge in [0.05, 0.1) is 0 Å².